The molecule has 2 aromatic heterocycles. The van der Waals surface area contributed by atoms with E-state index in [-0.39, 0.29) is 11.5 Å². The Labute approximate surface area is 157 Å². The third-order valence-corrected chi connectivity index (χ3v) is 5.84. The monoisotopic (exact) mass is 358 g/mol. The highest BCUT2D eigenvalue weighted by molar-refractivity contribution is 5.91. The van der Waals surface area contributed by atoms with Crippen LogP contribution in [0.15, 0.2) is 12.3 Å². The largest absolute Gasteiger partial charge is 0.385 e. The van der Waals surface area contributed by atoms with Crippen molar-refractivity contribution in [3.63, 3.8) is 0 Å². The van der Waals surface area contributed by atoms with Gasteiger partial charge in [-0.1, -0.05) is 40.0 Å². The SMILES string of the molecule is CC(C)Nc1n[nH]c2nccc(C3(O)CCCCCC(C(C)(C)C)C3)c12. The van der Waals surface area contributed by atoms with E-state index < -0.39 is 5.60 Å². The van der Waals surface area contributed by atoms with E-state index >= 15 is 0 Å². The molecule has 0 amide bonds. The first-order valence-corrected chi connectivity index (χ1v) is 10.0. The summed E-state index contributed by atoms with van der Waals surface area (Å²) in [7, 11) is 0. The number of pyridine rings is 1. The lowest BCUT2D eigenvalue weighted by molar-refractivity contribution is -0.0243. The van der Waals surface area contributed by atoms with Crippen LogP contribution in [0.1, 0.15) is 78.7 Å². The summed E-state index contributed by atoms with van der Waals surface area (Å²) in [5, 5.41) is 23.6. The Morgan fingerprint density at radius 2 is 2.04 bits per heavy atom. The average Bonchev–Trinajstić information content (AvgIpc) is 2.92. The van der Waals surface area contributed by atoms with E-state index in [9.17, 15) is 5.11 Å². The molecule has 2 unspecified atom stereocenters. The average molecular weight is 359 g/mol. The lowest BCUT2D eigenvalue weighted by atomic mass is 9.68. The molecule has 3 rings (SSSR count). The quantitative estimate of drug-likeness (QED) is 0.723. The maximum absolute atomic E-state index is 11.9. The molecule has 144 valence electrons. The van der Waals surface area contributed by atoms with Crippen LogP contribution in [-0.2, 0) is 5.60 Å². The zero-order valence-corrected chi connectivity index (χ0v) is 16.9. The van der Waals surface area contributed by atoms with Gasteiger partial charge in [0.25, 0.3) is 0 Å². The zero-order valence-electron chi connectivity index (χ0n) is 16.9. The van der Waals surface area contributed by atoms with Crippen molar-refractivity contribution < 1.29 is 5.11 Å². The van der Waals surface area contributed by atoms with Crippen LogP contribution in [0.5, 0.6) is 0 Å². The topological polar surface area (TPSA) is 73.8 Å². The Morgan fingerprint density at radius 1 is 1.27 bits per heavy atom. The second-order valence-electron chi connectivity index (χ2n) is 9.35. The Morgan fingerprint density at radius 3 is 2.73 bits per heavy atom. The van der Waals surface area contributed by atoms with E-state index in [4.69, 9.17) is 0 Å². The molecule has 3 N–H and O–H groups in total. The number of hydrogen-bond donors (Lipinski definition) is 3. The van der Waals surface area contributed by atoms with Gasteiger partial charge in [-0.2, -0.15) is 5.10 Å². The Bertz CT molecular complexity index is 746. The highest BCUT2D eigenvalue weighted by Gasteiger charge is 2.39. The Kier molecular flexibility index (Phi) is 5.29. The summed E-state index contributed by atoms with van der Waals surface area (Å²) in [5.74, 6) is 1.28. The van der Waals surface area contributed by atoms with Gasteiger partial charge in [0.05, 0.1) is 11.0 Å². The summed E-state index contributed by atoms with van der Waals surface area (Å²) < 4.78 is 0. The predicted octanol–water partition coefficient (Wildman–Crippen LogP) is 4.98. The van der Waals surface area contributed by atoms with Crippen LogP contribution in [0.3, 0.4) is 0 Å². The summed E-state index contributed by atoms with van der Waals surface area (Å²) in [6.45, 7) is 11.1. The molecular weight excluding hydrogens is 324 g/mol. The van der Waals surface area contributed by atoms with E-state index in [1.165, 1.54) is 19.3 Å². The highest BCUT2D eigenvalue weighted by atomic mass is 16.3. The van der Waals surface area contributed by atoms with Gasteiger partial charge < -0.3 is 10.4 Å². The first-order valence-electron chi connectivity index (χ1n) is 10.0. The summed E-state index contributed by atoms with van der Waals surface area (Å²) in [5.41, 5.74) is 1.06. The number of anilines is 1. The Hall–Kier alpha value is -1.62. The highest BCUT2D eigenvalue weighted by Crippen LogP contribution is 2.46. The lowest BCUT2D eigenvalue weighted by Crippen LogP contribution is -2.35. The molecule has 1 saturated carbocycles. The van der Waals surface area contributed by atoms with Crippen molar-refractivity contribution in [2.45, 2.75) is 84.8 Å². The third kappa shape index (κ3) is 3.88. The number of nitrogens with zero attached hydrogens (tertiary/aromatic N) is 2. The van der Waals surface area contributed by atoms with Crippen molar-refractivity contribution in [2.75, 3.05) is 5.32 Å². The molecule has 0 bridgehead atoms. The molecule has 26 heavy (non-hydrogen) atoms. The zero-order chi connectivity index (χ0) is 18.9. The molecule has 5 nitrogen and oxygen atoms in total. The molecule has 2 heterocycles. The summed E-state index contributed by atoms with van der Waals surface area (Å²) in [4.78, 5) is 4.44. The second kappa shape index (κ2) is 7.18. The minimum absolute atomic E-state index is 0.187. The molecule has 0 radical (unpaired) electrons. The van der Waals surface area contributed by atoms with E-state index in [1.54, 1.807) is 6.20 Å². The molecule has 1 aliphatic carbocycles. The molecule has 5 heteroatoms. The lowest BCUT2D eigenvalue weighted by Gasteiger charge is -2.40. The molecule has 1 fully saturated rings. The molecular formula is C21H34N4O. The first-order chi connectivity index (χ1) is 12.2. The van der Waals surface area contributed by atoms with E-state index in [2.05, 4.69) is 55.1 Å². The maximum Gasteiger partial charge on any atom is 0.158 e. The molecule has 0 aliphatic heterocycles. The molecule has 2 aromatic rings. The van der Waals surface area contributed by atoms with E-state index in [1.807, 2.05) is 6.07 Å². The van der Waals surface area contributed by atoms with Crippen molar-refractivity contribution >= 4 is 16.9 Å². The van der Waals surface area contributed by atoms with Crippen molar-refractivity contribution in [1.82, 2.24) is 15.2 Å². The molecule has 1 aliphatic rings. The van der Waals surface area contributed by atoms with Gasteiger partial charge in [-0.15, -0.1) is 0 Å². The van der Waals surface area contributed by atoms with E-state index in [0.29, 0.717) is 5.92 Å². The van der Waals surface area contributed by atoms with Crippen LogP contribution in [0, 0.1) is 11.3 Å². The van der Waals surface area contributed by atoms with Crippen LogP contribution in [0.2, 0.25) is 0 Å². The van der Waals surface area contributed by atoms with Gasteiger partial charge in [0.1, 0.15) is 0 Å². The van der Waals surface area contributed by atoms with Gasteiger partial charge in [-0.25, -0.2) is 4.98 Å². The van der Waals surface area contributed by atoms with Gasteiger partial charge in [-0.05, 0) is 56.1 Å². The molecule has 0 aromatic carbocycles. The molecule has 2 atom stereocenters. The fourth-order valence-electron chi connectivity index (χ4n) is 4.30. The number of H-pyrrole nitrogens is 1. The smallest absolute Gasteiger partial charge is 0.158 e. The normalized spacial score (nSPS) is 25.3. The first kappa shape index (κ1) is 19.2. The van der Waals surface area contributed by atoms with Crippen molar-refractivity contribution in [3.05, 3.63) is 17.8 Å². The van der Waals surface area contributed by atoms with Gasteiger partial charge in [-0.3, -0.25) is 5.10 Å². The summed E-state index contributed by atoms with van der Waals surface area (Å²) in [6.07, 6.45) is 8.07. The number of nitrogens with one attached hydrogen (secondary N) is 2. The predicted molar refractivity (Wildman–Crippen MR) is 107 cm³/mol. The van der Waals surface area contributed by atoms with E-state index in [0.717, 1.165) is 41.7 Å². The van der Waals surface area contributed by atoms with Crippen LogP contribution in [0.4, 0.5) is 5.82 Å². The number of aromatic nitrogens is 3. The summed E-state index contributed by atoms with van der Waals surface area (Å²) in [6, 6.07) is 2.26. The number of hydrogen-bond acceptors (Lipinski definition) is 4. The molecule has 0 saturated heterocycles. The van der Waals surface area contributed by atoms with Gasteiger partial charge in [0.2, 0.25) is 0 Å². The Balaban J connectivity index is 2.08. The standard InChI is InChI=1S/C21H34N4O/c1-14(2)23-19-17-16(10-12-22-18(17)24-25-19)21(26)11-8-6-7-9-15(13-21)20(3,4)5/h10,12,14-15,26H,6-9,11,13H2,1-5H3,(H2,22,23,24,25). The number of rotatable bonds is 3. The van der Waals surface area contributed by atoms with Crippen molar-refractivity contribution in [3.8, 4) is 0 Å². The number of fused-ring (bicyclic) bond motifs is 1. The minimum atomic E-state index is -0.836. The minimum Gasteiger partial charge on any atom is -0.385 e. The van der Waals surface area contributed by atoms with Crippen molar-refractivity contribution in [2.24, 2.45) is 11.3 Å². The molecule has 0 spiro atoms. The van der Waals surface area contributed by atoms with Gasteiger partial charge in [0, 0.05) is 12.2 Å². The second-order valence-corrected chi connectivity index (χ2v) is 9.35. The van der Waals surface area contributed by atoms with Crippen LogP contribution in [0.25, 0.3) is 11.0 Å². The maximum atomic E-state index is 11.9. The van der Waals surface area contributed by atoms with Gasteiger partial charge >= 0.3 is 0 Å². The van der Waals surface area contributed by atoms with Gasteiger partial charge in [0.15, 0.2) is 11.5 Å². The number of aliphatic hydroxyl groups is 1. The summed E-state index contributed by atoms with van der Waals surface area (Å²) >= 11 is 0. The van der Waals surface area contributed by atoms with Crippen LogP contribution < -0.4 is 5.32 Å². The van der Waals surface area contributed by atoms with Crippen LogP contribution >= 0.6 is 0 Å². The number of aromatic amines is 1. The fourth-order valence-corrected chi connectivity index (χ4v) is 4.30. The van der Waals surface area contributed by atoms with Crippen molar-refractivity contribution in [1.29, 1.82) is 0 Å². The van der Waals surface area contributed by atoms with Crippen LogP contribution in [-0.4, -0.2) is 26.3 Å². The fraction of sp³-hybridized carbons (Fsp3) is 0.714. The third-order valence-electron chi connectivity index (χ3n) is 5.84.